The molecule has 4 rings (SSSR count). The zero-order valence-corrected chi connectivity index (χ0v) is 11.3. The Morgan fingerprint density at radius 3 is 3.20 bits per heavy atom. The third-order valence-electron chi connectivity index (χ3n) is 4.11. The van der Waals surface area contributed by atoms with Gasteiger partial charge in [-0.25, -0.2) is 0 Å². The van der Waals surface area contributed by atoms with Gasteiger partial charge in [-0.3, -0.25) is 4.79 Å². The van der Waals surface area contributed by atoms with Crippen LogP contribution in [-0.2, 0) is 4.79 Å². The molecular formula is C14H18N4O2. The summed E-state index contributed by atoms with van der Waals surface area (Å²) in [6.07, 6.45) is 1.99. The maximum Gasteiger partial charge on any atom is 0.239 e. The van der Waals surface area contributed by atoms with E-state index in [1.54, 1.807) is 0 Å². The molecule has 3 heterocycles. The number of rotatable bonds is 2. The molecule has 6 nitrogen and oxygen atoms in total. The van der Waals surface area contributed by atoms with Crippen molar-refractivity contribution in [2.75, 3.05) is 36.5 Å². The third kappa shape index (κ3) is 2.10. The van der Waals surface area contributed by atoms with Crippen LogP contribution in [-0.4, -0.2) is 43.2 Å². The van der Waals surface area contributed by atoms with E-state index in [9.17, 15) is 4.79 Å². The van der Waals surface area contributed by atoms with Crippen LogP contribution in [0.4, 0.5) is 11.5 Å². The van der Waals surface area contributed by atoms with Crippen molar-refractivity contribution >= 4 is 17.4 Å². The van der Waals surface area contributed by atoms with Crippen LogP contribution in [0.2, 0.25) is 0 Å². The number of carbonyl (C=O) groups is 1. The van der Waals surface area contributed by atoms with Crippen molar-refractivity contribution in [3.63, 3.8) is 0 Å². The number of nitrogens with one attached hydrogen (secondary N) is 2. The first-order valence-electron chi connectivity index (χ1n) is 7.23. The van der Waals surface area contributed by atoms with Gasteiger partial charge in [0.15, 0.2) is 0 Å². The van der Waals surface area contributed by atoms with E-state index in [1.165, 1.54) is 0 Å². The Balaban J connectivity index is 1.56. The number of anilines is 2. The second kappa shape index (κ2) is 4.63. The molecule has 1 saturated carbocycles. The van der Waals surface area contributed by atoms with Crippen molar-refractivity contribution in [1.82, 2.24) is 10.3 Å². The summed E-state index contributed by atoms with van der Waals surface area (Å²) in [5.74, 6) is 1.49. The summed E-state index contributed by atoms with van der Waals surface area (Å²) >= 11 is 0. The van der Waals surface area contributed by atoms with Crippen LogP contribution in [0.1, 0.15) is 12.8 Å². The van der Waals surface area contributed by atoms with E-state index in [0.717, 1.165) is 38.2 Å². The number of pyridine rings is 1. The first-order valence-corrected chi connectivity index (χ1v) is 7.23. The van der Waals surface area contributed by atoms with Crippen LogP contribution in [0.25, 0.3) is 0 Å². The smallest absolute Gasteiger partial charge is 0.239 e. The van der Waals surface area contributed by atoms with E-state index in [0.29, 0.717) is 24.3 Å². The van der Waals surface area contributed by atoms with Gasteiger partial charge in [0.1, 0.15) is 18.1 Å². The van der Waals surface area contributed by atoms with Crippen molar-refractivity contribution in [1.29, 1.82) is 0 Å². The number of piperazine rings is 1. The minimum absolute atomic E-state index is 0.0771. The Morgan fingerprint density at radius 1 is 1.45 bits per heavy atom. The molecule has 2 fully saturated rings. The molecule has 0 unspecified atom stereocenters. The maximum atomic E-state index is 11.8. The zero-order valence-electron chi connectivity index (χ0n) is 11.3. The maximum absolute atomic E-state index is 11.8. The summed E-state index contributed by atoms with van der Waals surface area (Å²) in [5, 5.41) is 6.24. The lowest BCUT2D eigenvalue weighted by Gasteiger charge is -2.41. The van der Waals surface area contributed by atoms with E-state index in [4.69, 9.17) is 4.74 Å². The second-order valence-electron chi connectivity index (χ2n) is 5.65. The monoisotopic (exact) mass is 274 g/mol. The highest BCUT2D eigenvalue weighted by molar-refractivity contribution is 5.93. The Hall–Kier alpha value is -1.82. The second-order valence-corrected chi connectivity index (χ2v) is 5.65. The van der Waals surface area contributed by atoms with E-state index in [-0.39, 0.29) is 11.8 Å². The lowest BCUT2D eigenvalue weighted by atomic mass is 10.1. The normalized spacial score (nSPS) is 24.4. The van der Waals surface area contributed by atoms with E-state index < -0.39 is 0 Å². The molecule has 3 aliphatic rings. The molecular weight excluding hydrogens is 256 g/mol. The van der Waals surface area contributed by atoms with Gasteiger partial charge in [0.05, 0.1) is 6.04 Å². The van der Waals surface area contributed by atoms with Crippen molar-refractivity contribution in [2.45, 2.75) is 18.9 Å². The van der Waals surface area contributed by atoms with Gasteiger partial charge < -0.3 is 20.3 Å². The van der Waals surface area contributed by atoms with Crippen LogP contribution in [0.15, 0.2) is 12.1 Å². The van der Waals surface area contributed by atoms with Gasteiger partial charge in [0, 0.05) is 25.6 Å². The SMILES string of the molecule is O=C(Nc1ccc2c(n1)OC[C@@H]1CNCCN21)C1CC1. The summed E-state index contributed by atoms with van der Waals surface area (Å²) in [6, 6.07) is 4.25. The molecule has 0 bridgehead atoms. The third-order valence-corrected chi connectivity index (χ3v) is 4.11. The van der Waals surface area contributed by atoms with Crippen molar-refractivity contribution in [3.8, 4) is 5.88 Å². The minimum atomic E-state index is 0.0771. The Kier molecular flexibility index (Phi) is 2.77. The first-order chi connectivity index (χ1) is 9.81. The average molecular weight is 274 g/mol. The largest absolute Gasteiger partial charge is 0.474 e. The molecule has 20 heavy (non-hydrogen) atoms. The van der Waals surface area contributed by atoms with E-state index in [2.05, 4.69) is 20.5 Å². The minimum Gasteiger partial charge on any atom is -0.474 e. The van der Waals surface area contributed by atoms with Crippen LogP contribution >= 0.6 is 0 Å². The number of ether oxygens (including phenoxy) is 1. The van der Waals surface area contributed by atoms with E-state index in [1.807, 2.05) is 12.1 Å². The molecule has 0 aromatic carbocycles. The summed E-state index contributed by atoms with van der Waals surface area (Å²) in [4.78, 5) is 18.5. The molecule has 2 N–H and O–H groups in total. The van der Waals surface area contributed by atoms with Gasteiger partial charge in [0.25, 0.3) is 0 Å². The number of aromatic nitrogens is 1. The number of amides is 1. The molecule has 1 aromatic heterocycles. The molecule has 1 atom stereocenters. The summed E-state index contributed by atoms with van der Waals surface area (Å²) in [5.41, 5.74) is 1.03. The first kappa shape index (κ1) is 12.0. The molecule has 0 spiro atoms. The lowest BCUT2D eigenvalue weighted by Crippen LogP contribution is -2.55. The molecule has 1 amide bonds. The highest BCUT2D eigenvalue weighted by Gasteiger charge is 2.32. The molecule has 1 aliphatic carbocycles. The molecule has 1 saturated heterocycles. The molecule has 106 valence electrons. The topological polar surface area (TPSA) is 66.5 Å². The number of hydrogen-bond acceptors (Lipinski definition) is 5. The van der Waals surface area contributed by atoms with E-state index >= 15 is 0 Å². The van der Waals surface area contributed by atoms with Gasteiger partial charge in [0.2, 0.25) is 11.8 Å². The van der Waals surface area contributed by atoms with Crippen molar-refractivity contribution in [3.05, 3.63) is 12.1 Å². The van der Waals surface area contributed by atoms with Crippen LogP contribution < -0.4 is 20.3 Å². The van der Waals surface area contributed by atoms with Gasteiger partial charge in [-0.1, -0.05) is 0 Å². The predicted octanol–water partition coefficient (Wildman–Crippen LogP) is 0.601. The average Bonchev–Trinajstić information content (AvgIpc) is 3.31. The predicted molar refractivity (Wildman–Crippen MR) is 75.1 cm³/mol. The van der Waals surface area contributed by atoms with Gasteiger partial charge >= 0.3 is 0 Å². The summed E-state index contributed by atoms with van der Waals surface area (Å²) < 4.78 is 5.75. The number of nitrogens with zero attached hydrogens (tertiary/aromatic N) is 2. The summed E-state index contributed by atoms with van der Waals surface area (Å²) in [7, 11) is 0. The van der Waals surface area contributed by atoms with Gasteiger partial charge in [-0.2, -0.15) is 4.98 Å². The van der Waals surface area contributed by atoms with Gasteiger partial charge in [-0.15, -0.1) is 0 Å². The van der Waals surface area contributed by atoms with Gasteiger partial charge in [-0.05, 0) is 25.0 Å². The van der Waals surface area contributed by atoms with Crippen LogP contribution in [0, 0.1) is 5.92 Å². The fraction of sp³-hybridized carbons (Fsp3) is 0.571. The van der Waals surface area contributed by atoms with Crippen molar-refractivity contribution < 1.29 is 9.53 Å². The quantitative estimate of drug-likeness (QED) is 0.827. The molecule has 6 heteroatoms. The fourth-order valence-electron chi connectivity index (χ4n) is 2.80. The lowest BCUT2D eigenvalue weighted by molar-refractivity contribution is -0.117. The molecule has 1 aromatic rings. The Bertz CT molecular complexity index is 544. The van der Waals surface area contributed by atoms with Crippen LogP contribution in [0.5, 0.6) is 5.88 Å². The molecule has 0 radical (unpaired) electrons. The number of carbonyl (C=O) groups excluding carboxylic acids is 1. The standard InChI is InChI=1S/C14H18N4O2/c19-13(9-1-2-9)16-12-4-3-11-14(17-12)20-8-10-7-15-5-6-18(10)11/h3-4,9-10,15H,1-2,5-8H2,(H,16,17,19)/t10-/m0/s1. The molecule has 2 aliphatic heterocycles. The zero-order chi connectivity index (χ0) is 13.5. The highest BCUT2D eigenvalue weighted by Crippen LogP contribution is 2.34. The Labute approximate surface area is 117 Å². The number of hydrogen-bond donors (Lipinski definition) is 2. The Morgan fingerprint density at radius 2 is 2.35 bits per heavy atom. The van der Waals surface area contributed by atoms with Crippen LogP contribution in [0.3, 0.4) is 0 Å². The summed E-state index contributed by atoms with van der Waals surface area (Å²) in [6.45, 7) is 3.54. The van der Waals surface area contributed by atoms with Crippen molar-refractivity contribution in [2.24, 2.45) is 5.92 Å². The fourth-order valence-corrected chi connectivity index (χ4v) is 2.80. The number of fused-ring (bicyclic) bond motifs is 3. The highest BCUT2D eigenvalue weighted by atomic mass is 16.5.